The summed E-state index contributed by atoms with van der Waals surface area (Å²) in [5.74, 6) is 2.42. The molecule has 0 unspecified atom stereocenters. The monoisotopic (exact) mass is 428 g/mol. The Morgan fingerprint density at radius 2 is 1.74 bits per heavy atom. The Morgan fingerprint density at radius 3 is 2.32 bits per heavy atom. The van der Waals surface area contributed by atoms with E-state index in [2.05, 4.69) is 69.5 Å². The molecule has 0 amide bonds. The number of anilines is 2. The first kappa shape index (κ1) is 24.9. The summed E-state index contributed by atoms with van der Waals surface area (Å²) in [4.78, 5) is 16.7. The van der Waals surface area contributed by atoms with E-state index in [1.54, 1.807) is 7.11 Å². The van der Waals surface area contributed by atoms with Gasteiger partial charge in [0.1, 0.15) is 5.82 Å². The number of aromatic nitrogens is 3. The molecule has 31 heavy (non-hydrogen) atoms. The zero-order valence-corrected chi connectivity index (χ0v) is 20.5. The summed E-state index contributed by atoms with van der Waals surface area (Å²) in [7, 11) is 5.82. The van der Waals surface area contributed by atoms with Gasteiger partial charge in [-0.05, 0) is 64.9 Å². The molecule has 2 rings (SSSR count). The average Bonchev–Trinajstić information content (AvgIpc) is 2.75. The number of rotatable bonds is 12. The first-order chi connectivity index (χ1) is 14.8. The maximum absolute atomic E-state index is 5.60. The third-order valence-electron chi connectivity index (χ3n) is 5.40. The largest absolute Gasteiger partial charge is 0.478 e. The minimum Gasteiger partial charge on any atom is -0.478 e. The second kappa shape index (κ2) is 11.8. The summed E-state index contributed by atoms with van der Waals surface area (Å²) < 4.78 is 5.60. The molecule has 2 aromatic heterocycles. The lowest BCUT2D eigenvalue weighted by molar-refractivity contribution is 0.397. The Morgan fingerprint density at radius 1 is 1.03 bits per heavy atom. The Kier molecular flexibility index (Phi) is 9.49. The molecule has 0 aliphatic heterocycles. The molecule has 0 aliphatic carbocycles. The summed E-state index contributed by atoms with van der Waals surface area (Å²) in [5, 5.41) is 7.00. The highest BCUT2D eigenvalue weighted by atomic mass is 16.5. The van der Waals surface area contributed by atoms with Crippen molar-refractivity contribution in [2.24, 2.45) is 0 Å². The van der Waals surface area contributed by atoms with Crippen LogP contribution in [0.1, 0.15) is 64.3 Å². The second-order valence-corrected chi connectivity index (χ2v) is 8.54. The maximum Gasteiger partial charge on any atom is 0.257 e. The lowest BCUT2D eigenvalue weighted by Gasteiger charge is -2.20. The Bertz CT molecular complexity index is 833. The van der Waals surface area contributed by atoms with E-state index in [-0.39, 0.29) is 0 Å². The topological polar surface area (TPSA) is 75.2 Å². The normalized spacial score (nSPS) is 11.5. The van der Waals surface area contributed by atoms with Crippen LogP contribution >= 0.6 is 0 Å². The number of hydrogen-bond donors (Lipinski definition) is 2. The fourth-order valence-corrected chi connectivity index (χ4v) is 3.41. The highest BCUT2D eigenvalue weighted by Crippen LogP contribution is 2.33. The minimum absolute atomic E-state index is 0.342. The molecular formula is C24H40N6O. The van der Waals surface area contributed by atoms with Crippen LogP contribution in [-0.4, -0.2) is 60.2 Å². The van der Waals surface area contributed by atoms with E-state index in [9.17, 15) is 0 Å². The molecule has 0 radical (unpaired) electrons. The van der Waals surface area contributed by atoms with Crippen LogP contribution in [0.5, 0.6) is 5.88 Å². The van der Waals surface area contributed by atoms with Crippen LogP contribution in [-0.2, 0) is 0 Å². The Labute approximate surface area is 188 Å². The van der Waals surface area contributed by atoms with Crippen LogP contribution in [0.2, 0.25) is 0 Å². The van der Waals surface area contributed by atoms with Crippen LogP contribution in [0.4, 0.5) is 11.6 Å². The van der Waals surface area contributed by atoms with E-state index in [1.807, 2.05) is 6.92 Å². The molecule has 0 saturated heterocycles. The van der Waals surface area contributed by atoms with Crippen molar-refractivity contribution < 1.29 is 4.74 Å². The molecule has 2 aromatic rings. The van der Waals surface area contributed by atoms with Gasteiger partial charge in [0.05, 0.1) is 18.5 Å². The van der Waals surface area contributed by atoms with Crippen molar-refractivity contribution >= 4 is 11.6 Å². The zero-order valence-electron chi connectivity index (χ0n) is 20.5. The van der Waals surface area contributed by atoms with Gasteiger partial charge in [-0.2, -0.15) is 0 Å². The molecule has 0 spiro atoms. The molecule has 2 heterocycles. The predicted molar refractivity (Wildman–Crippen MR) is 130 cm³/mol. The van der Waals surface area contributed by atoms with Crippen molar-refractivity contribution in [1.82, 2.24) is 19.9 Å². The van der Waals surface area contributed by atoms with Gasteiger partial charge < -0.3 is 20.3 Å². The molecule has 7 nitrogen and oxygen atoms in total. The molecule has 2 N–H and O–H groups in total. The van der Waals surface area contributed by atoms with Crippen molar-refractivity contribution in [3.63, 3.8) is 0 Å². The Balaban J connectivity index is 2.43. The van der Waals surface area contributed by atoms with Gasteiger partial charge in [-0.3, -0.25) is 0 Å². The number of methoxy groups -OCH3 is 1. The van der Waals surface area contributed by atoms with E-state index in [1.165, 1.54) is 0 Å². The number of nitrogens with one attached hydrogen (secondary N) is 2. The van der Waals surface area contributed by atoms with E-state index < -0.39 is 0 Å². The second-order valence-electron chi connectivity index (χ2n) is 8.54. The van der Waals surface area contributed by atoms with E-state index in [4.69, 9.17) is 19.7 Å². The Hall–Kier alpha value is -2.41. The quantitative estimate of drug-likeness (QED) is 0.464. The standard InChI is InChI=1S/C24H40N6O/c1-9-18(10-2)27-23-24(31-8)29-21(17(5)26-23)19-12-13-20(16(3)4)28-22(19)25-14-11-15-30(6)7/h12-13,16,18H,9-11,14-15H2,1-8H3,(H,25,28)(H,26,27). The highest BCUT2D eigenvalue weighted by molar-refractivity contribution is 5.75. The lowest BCUT2D eigenvalue weighted by atomic mass is 10.1. The first-order valence-electron chi connectivity index (χ1n) is 11.4. The fraction of sp³-hybridized carbons (Fsp3) is 0.625. The third kappa shape index (κ3) is 6.79. The summed E-state index contributed by atoms with van der Waals surface area (Å²) in [6, 6.07) is 4.52. The average molecular weight is 429 g/mol. The number of pyridine rings is 1. The summed E-state index contributed by atoms with van der Waals surface area (Å²) in [6.45, 7) is 12.5. The van der Waals surface area contributed by atoms with Crippen molar-refractivity contribution in [1.29, 1.82) is 0 Å². The van der Waals surface area contributed by atoms with Crippen molar-refractivity contribution in [2.75, 3.05) is 44.9 Å². The van der Waals surface area contributed by atoms with Crippen LogP contribution in [0.25, 0.3) is 11.3 Å². The highest BCUT2D eigenvalue weighted by Gasteiger charge is 2.19. The summed E-state index contributed by atoms with van der Waals surface area (Å²) in [5.41, 5.74) is 3.66. The molecule has 0 atom stereocenters. The molecule has 0 aromatic carbocycles. The predicted octanol–water partition coefficient (Wildman–Crippen LogP) is 4.94. The van der Waals surface area contributed by atoms with Gasteiger partial charge >= 0.3 is 0 Å². The van der Waals surface area contributed by atoms with Gasteiger partial charge in [-0.25, -0.2) is 15.0 Å². The van der Waals surface area contributed by atoms with Crippen molar-refractivity contribution in [3.05, 3.63) is 23.5 Å². The molecule has 0 bridgehead atoms. The van der Waals surface area contributed by atoms with Crippen LogP contribution < -0.4 is 15.4 Å². The first-order valence-corrected chi connectivity index (χ1v) is 11.4. The van der Waals surface area contributed by atoms with Gasteiger partial charge in [0.15, 0.2) is 5.82 Å². The number of aryl methyl sites for hydroxylation is 1. The number of hydrogen-bond acceptors (Lipinski definition) is 7. The van der Waals surface area contributed by atoms with Crippen LogP contribution in [0, 0.1) is 6.92 Å². The SMILES string of the molecule is CCC(CC)Nc1nc(C)c(-c2ccc(C(C)C)nc2NCCCN(C)C)nc1OC. The smallest absolute Gasteiger partial charge is 0.257 e. The number of ether oxygens (including phenoxy) is 1. The van der Waals surface area contributed by atoms with Crippen LogP contribution in [0.15, 0.2) is 12.1 Å². The lowest BCUT2D eigenvalue weighted by Crippen LogP contribution is -2.19. The molecule has 172 valence electrons. The molecule has 0 aliphatic rings. The number of nitrogens with zero attached hydrogens (tertiary/aromatic N) is 4. The van der Waals surface area contributed by atoms with Gasteiger partial charge in [0, 0.05) is 23.8 Å². The fourth-order valence-electron chi connectivity index (χ4n) is 3.41. The summed E-state index contributed by atoms with van der Waals surface area (Å²) in [6.07, 6.45) is 3.07. The molecule has 0 saturated carbocycles. The molecule has 7 heteroatoms. The van der Waals surface area contributed by atoms with Crippen LogP contribution in [0.3, 0.4) is 0 Å². The van der Waals surface area contributed by atoms with E-state index in [0.29, 0.717) is 23.7 Å². The van der Waals surface area contributed by atoms with Crippen molar-refractivity contribution in [3.8, 4) is 17.1 Å². The molecular weight excluding hydrogens is 388 g/mol. The molecule has 0 fully saturated rings. The minimum atomic E-state index is 0.342. The summed E-state index contributed by atoms with van der Waals surface area (Å²) >= 11 is 0. The van der Waals surface area contributed by atoms with Gasteiger partial charge in [-0.1, -0.05) is 27.7 Å². The van der Waals surface area contributed by atoms with Gasteiger partial charge in [0.2, 0.25) is 0 Å². The maximum atomic E-state index is 5.60. The zero-order chi connectivity index (χ0) is 23.0. The van der Waals surface area contributed by atoms with Gasteiger partial charge in [0.25, 0.3) is 5.88 Å². The van der Waals surface area contributed by atoms with E-state index in [0.717, 1.165) is 60.8 Å². The van der Waals surface area contributed by atoms with E-state index >= 15 is 0 Å². The third-order valence-corrected chi connectivity index (χ3v) is 5.40. The van der Waals surface area contributed by atoms with Crippen molar-refractivity contribution in [2.45, 2.75) is 65.8 Å². The van der Waals surface area contributed by atoms with Gasteiger partial charge in [-0.15, -0.1) is 0 Å².